The highest BCUT2D eigenvalue weighted by atomic mass is 19.3. The fourth-order valence-corrected chi connectivity index (χ4v) is 0.271. The van der Waals surface area contributed by atoms with Crippen LogP contribution in [0.5, 0.6) is 0 Å². The number of rotatable bonds is 2. The van der Waals surface area contributed by atoms with E-state index in [1.165, 1.54) is 0 Å². The molecule has 0 aliphatic heterocycles. The SMILES string of the molecule is CC(=O)/C=C(\O)C(F)F. The van der Waals surface area contributed by atoms with Gasteiger partial charge in [-0.25, -0.2) is 8.78 Å². The summed E-state index contributed by atoms with van der Waals surface area (Å²) in [6.45, 7) is 1.08. The van der Waals surface area contributed by atoms with Crippen LogP contribution in [0.2, 0.25) is 0 Å². The molecule has 0 radical (unpaired) electrons. The minimum Gasteiger partial charge on any atom is -0.506 e. The van der Waals surface area contributed by atoms with Crippen molar-refractivity contribution in [3.05, 3.63) is 11.8 Å². The first kappa shape index (κ1) is 8.07. The highest BCUT2D eigenvalue weighted by Gasteiger charge is 2.08. The fraction of sp³-hybridized carbons (Fsp3) is 0.400. The lowest BCUT2D eigenvalue weighted by Gasteiger charge is -1.92. The summed E-state index contributed by atoms with van der Waals surface area (Å²) in [4.78, 5) is 9.99. The van der Waals surface area contributed by atoms with Crippen molar-refractivity contribution < 1.29 is 18.7 Å². The van der Waals surface area contributed by atoms with E-state index in [1.54, 1.807) is 0 Å². The second-order valence-electron chi connectivity index (χ2n) is 1.48. The molecule has 0 fully saturated rings. The maximum atomic E-state index is 11.3. The summed E-state index contributed by atoms with van der Waals surface area (Å²) in [5, 5.41) is 8.19. The number of aliphatic hydroxyl groups is 1. The zero-order chi connectivity index (χ0) is 7.44. The molecule has 0 aliphatic carbocycles. The van der Waals surface area contributed by atoms with Crippen molar-refractivity contribution in [3.8, 4) is 0 Å². The maximum Gasteiger partial charge on any atom is 0.294 e. The predicted octanol–water partition coefficient (Wildman–Crippen LogP) is 1.28. The molecule has 0 aliphatic rings. The van der Waals surface area contributed by atoms with Crippen LogP contribution in [0.4, 0.5) is 8.78 Å². The largest absolute Gasteiger partial charge is 0.506 e. The summed E-state index contributed by atoms with van der Waals surface area (Å²) in [7, 11) is 0. The van der Waals surface area contributed by atoms with Crippen LogP contribution in [0.3, 0.4) is 0 Å². The first-order chi connectivity index (χ1) is 4.04. The molecular weight excluding hydrogens is 130 g/mol. The normalized spacial score (nSPS) is 12.2. The van der Waals surface area contributed by atoms with Crippen LogP contribution in [0.25, 0.3) is 0 Å². The number of alkyl halides is 2. The van der Waals surface area contributed by atoms with Crippen molar-refractivity contribution in [3.63, 3.8) is 0 Å². The Morgan fingerprint density at radius 2 is 2.11 bits per heavy atom. The molecule has 2 nitrogen and oxygen atoms in total. The van der Waals surface area contributed by atoms with E-state index >= 15 is 0 Å². The van der Waals surface area contributed by atoms with E-state index in [9.17, 15) is 13.6 Å². The lowest BCUT2D eigenvalue weighted by Crippen LogP contribution is -1.97. The van der Waals surface area contributed by atoms with Crippen molar-refractivity contribution in [2.24, 2.45) is 0 Å². The van der Waals surface area contributed by atoms with Gasteiger partial charge in [0.1, 0.15) is 0 Å². The smallest absolute Gasteiger partial charge is 0.294 e. The van der Waals surface area contributed by atoms with Gasteiger partial charge in [0.25, 0.3) is 6.43 Å². The number of ketones is 1. The molecule has 0 amide bonds. The Balaban J connectivity index is 4.00. The molecule has 0 atom stereocenters. The molecule has 0 saturated carbocycles. The maximum absolute atomic E-state index is 11.3. The summed E-state index contributed by atoms with van der Waals surface area (Å²) in [6.07, 6.45) is -2.46. The van der Waals surface area contributed by atoms with E-state index in [4.69, 9.17) is 5.11 Å². The van der Waals surface area contributed by atoms with Crippen LogP contribution in [0.15, 0.2) is 11.8 Å². The van der Waals surface area contributed by atoms with Crippen LogP contribution in [-0.4, -0.2) is 17.3 Å². The number of aliphatic hydroxyl groups excluding tert-OH is 1. The Hall–Kier alpha value is -0.930. The predicted molar refractivity (Wildman–Crippen MR) is 27.4 cm³/mol. The third-order valence-electron chi connectivity index (χ3n) is 0.575. The summed E-state index contributed by atoms with van der Waals surface area (Å²) < 4.78 is 22.6. The van der Waals surface area contributed by atoms with Crippen LogP contribution in [-0.2, 0) is 4.79 Å². The first-order valence-electron chi connectivity index (χ1n) is 2.23. The fourth-order valence-electron chi connectivity index (χ4n) is 0.271. The summed E-state index contributed by atoms with van der Waals surface area (Å²) in [6, 6.07) is 0. The van der Waals surface area contributed by atoms with E-state index in [0.29, 0.717) is 6.08 Å². The molecule has 0 aromatic carbocycles. The van der Waals surface area contributed by atoms with Gasteiger partial charge >= 0.3 is 0 Å². The third-order valence-corrected chi connectivity index (χ3v) is 0.575. The van der Waals surface area contributed by atoms with Crippen molar-refractivity contribution in [1.82, 2.24) is 0 Å². The summed E-state index contributed by atoms with van der Waals surface area (Å²) in [5.41, 5.74) is 0. The zero-order valence-corrected chi connectivity index (χ0v) is 4.77. The van der Waals surface area contributed by atoms with Crippen molar-refractivity contribution >= 4 is 5.78 Å². The number of halogens is 2. The number of hydrogen-bond acceptors (Lipinski definition) is 2. The van der Waals surface area contributed by atoms with Gasteiger partial charge in [-0.15, -0.1) is 0 Å². The molecule has 0 spiro atoms. The Morgan fingerprint density at radius 3 is 2.22 bits per heavy atom. The Kier molecular flexibility index (Phi) is 2.84. The lowest BCUT2D eigenvalue weighted by atomic mass is 10.3. The van der Waals surface area contributed by atoms with Gasteiger partial charge in [-0.2, -0.15) is 0 Å². The molecule has 0 saturated heterocycles. The van der Waals surface area contributed by atoms with Crippen molar-refractivity contribution in [1.29, 1.82) is 0 Å². The molecule has 1 N–H and O–H groups in total. The van der Waals surface area contributed by atoms with Gasteiger partial charge in [0.05, 0.1) is 0 Å². The van der Waals surface area contributed by atoms with E-state index in [0.717, 1.165) is 6.92 Å². The van der Waals surface area contributed by atoms with Gasteiger partial charge in [0, 0.05) is 6.08 Å². The van der Waals surface area contributed by atoms with Crippen LogP contribution >= 0.6 is 0 Å². The van der Waals surface area contributed by atoms with Gasteiger partial charge in [-0.3, -0.25) is 4.79 Å². The molecular formula is C5H6F2O2. The van der Waals surface area contributed by atoms with Crippen molar-refractivity contribution in [2.45, 2.75) is 13.3 Å². The highest BCUT2D eigenvalue weighted by molar-refractivity contribution is 5.87. The average Bonchev–Trinajstić information content (AvgIpc) is 1.63. The second kappa shape index (κ2) is 3.17. The standard InChI is InChI=1S/C5H6F2O2/c1-3(8)2-4(9)5(6)7/h2,5,9H,1H3/b4-2-. The minimum absolute atomic E-state index is 0.491. The van der Waals surface area contributed by atoms with E-state index < -0.39 is 18.0 Å². The Morgan fingerprint density at radius 1 is 1.67 bits per heavy atom. The molecule has 9 heavy (non-hydrogen) atoms. The van der Waals surface area contributed by atoms with Gasteiger partial charge in [0.2, 0.25) is 0 Å². The topological polar surface area (TPSA) is 37.3 Å². The molecule has 52 valence electrons. The van der Waals surface area contributed by atoms with Crippen LogP contribution in [0.1, 0.15) is 6.92 Å². The molecule has 0 aromatic heterocycles. The second-order valence-corrected chi connectivity index (χ2v) is 1.48. The Labute approximate surface area is 50.8 Å². The number of carbonyl (C=O) groups excluding carboxylic acids is 1. The number of carbonyl (C=O) groups is 1. The molecule has 0 heterocycles. The lowest BCUT2D eigenvalue weighted by molar-refractivity contribution is -0.112. The zero-order valence-electron chi connectivity index (χ0n) is 4.77. The van der Waals surface area contributed by atoms with Crippen LogP contribution in [0, 0.1) is 0 Å². The molecule has 0 unspecified atom stereocenters. The molecule has 4 heteroatoms. The van der Waals surface area contributed by atoms with Gasteiger partial charge in [0.15, 0.2) is 11.5 Å². The van der Waals surface area contributed by atoms with E-state index in [-0.39, 0.29) is 0 Å². The molecule has 0 aromatic rings. The Bertz CT molecular complexity index is 140. The first-order valence-corrected chi connectivity index (χ1v) is 2.23. The van der Waals surface area contributed by atoms with Crippen molar-refractivity contribution in [2.75, 3.05) is 0 Å². The highest BCUT2D eigenvalue weighted by Crippen LogP contribution is 2.03. The number of hydrogen-bond donors (Lipinski definition) is 1. The van der Waals surface area contributed by atoms with Crippen LogP contribution < -0.4 is 0 Å². The monoisotopic (exact) mass is 136 g/mol. The van der Waals surface area contributed by atoms with Gasteiger partial charge < -0.3 is 5.11 Å². The summed E-state index contributed by atoms with van der Waals surface area (Å²) >= 11 is 0. The number of allylic oxidation sites excluding steroid dienone is 2. The third kappa shape index (κ3) is 3.64. The molecule has 0 bridgehead atoms. The van der Waals surface area contributed by atoms with E-state index in [2.05, 4.69) is 0 Å². The van der Waals surface area contributed by atoms with Gasteiger partial charge in [-0.1, -0.05) is 0 Å². The van der Waals surface area contributed by atoms with Gasteiger partial charge in [-0.05, 0) is 6.92 Å². The minimum atomic E-state index is -2.95. The van der Waals surface area contributed by atoms with E-state index in [1.807, 2.05) is 0 Å². The quantitative estimate of drug-likeness (QED) is 0.458. The summed E-state index contributed by atoms with van der Waals surface area (Å²) in [5.74, 6) is -1.77. The average molecular weight is 136 g/mol. The molecule has 0 rings (SSSR count).